The number of anilines is 1. The molecule has 0 radical (unpaired) electrons. The van der Waals surface area contributed by atoms with Crippen LogP contribution >= 0.6 is 0 Å². The average Bonchev–Trinajstić information content (AvgIpc) is 3.26. The van der Waals surface area contributed by atoms with Crippen molar-refractivity contribution in [3.63, 3.8) is 0 Å². The number of amides is 3. The van der Waals surface area contributed by atoms with Crippen LogP contribution in [0.5, 0.6) is 0 Å². The molecule has 1 aliphatic rings. The Bertz CT molecular complexity index is 756. The molecule has 130 valence electrons. The van der Waals surface area contributed by atoms with E-state index in [9.17, 15) is 14.0 Å². The first-order chi connectivity index (χ1) is 12.1. The SMILES string of the molecule is O=C(Nc1ccc(F)cc1)NC1CCN(C(=O)/C=C/c2ccco2)C1. The molecule has 2 aromatic rings. The molecule has 1 unspecified atom stereocenters. The van der Waals surface area contributed by atoms with E-state index in [1.165, 1.54) is 30.3 Å². The van der Waals surface area contributed by atoms with E-state index in [0.29, 0.717) is 31.0 Å². The van der Waals surface area contributed by atoms with E-state index >= 15 is 0 Å². The fourth-order valence-corrected chi connectivity index (χ4v) is 2.61. The number of nitrogens with one attached hydrogen (secondary N) is 2. The Balaban J connectivity index is 1.46. The Labute approximate surface area is 144 Å². The quantitative estimate of drug-likeness (QED) is 0.838. The molecule has 1 atom stereocenters. The number of nitrogens with zero attached hydrogens (tertiary/aromatic N) is 1. The van der Waals surface area contributed by atoms with Crippen molar-refractivity contribution in [1.29, 1.82) is 0 Å². The zero-order valence-corrected chi connectivity index (χ0v) is 13.4. The summed E-state index contributed by atoms with van der Waals surface area (Å²) in [5, 5.41) is 5.45. The second-order valence-electron chi connectivity index (χ2n) is 5.72. The van der Waals surface area contributed by atoms with Crippen molar-refractivity contribution in [3.05, 3.63) is 60.3 Å². The van der Waals surface area contributed by atoms with Gasteiger partial charge in [-0.15, -0.1) is 0 Å². The molecule has 1 aromatic heterocycles. The molecule has 0 aliphatic carbocycles. The first-order valence-electron chi connectivity index (χ1n) is 7.94. The zero-order chi connectivity index (χ0) is 17.6. The predicted molar refractivity (Wildman–Crippen MR) is 91.3 cm³/mol. The fourth-order valence-electron chi connectivity index (χ4n) is 2.61. The van der Waals surface area contributed by atoms with Gasteiger partial charge < -0.3 is 20.0 Å². The van der Waals surface area contributed by atoms with Crippen molar-refractivity contribution in [2.24, 2.45) is 0 Å². The van der Waals surface area contributed by atoms with Crippen molar-refractivity contribution < 1.29 is 18.4 Å². The number of benzene rings is 1. The number of likely N-dealkylation sites (tertiary alicyclic amines) is 1. The standard InChI is InChI=1S/C18H18FN3O3/c19-13-3-5-14(6-4-13)20-18(24)21-15-9-10-22(12-15)17(23)8-7-16-2-1-11-25-16/h1-8,11,15H,9-10,12H2,(H2,20,21,24)/b8-7+. The number of urea groups is 1. The summed E-state index contributed by atoms with van der Waals surface area (Å²) < 4.78 is 18.0. The van der Waals surface area contributed by atoms with Gasteiger partial charge in [0.15, 0.2) is 0 Å². The smallest absolute Gasteiger partial charge is 0.319 e. The molecule has 6 nitrogen and oxygen atoms in total. The van der Waals surface area contributed by atoms with Crippen LogP contribution in [0.4, 0.5) is 14.9 Å². The van der Waals surface area contributed by atoms with Gasteiger partial charge in [-0.05, 0) is 48.9 Å². The van der Waals surface area contributed by atoms with Gasteiger partial charge in [-0.3, -0.25) is 4.79 Å². The third-order valence-electron chi connectivity index (χ3n) is 3.87. The second-order valence-corrected chi connectivity index (χ2v) is 5.72. The fraction of sp³-hybridized carbons (Fsp3) is 0.222. The lowest BCUT2D eigenvalue weighted by Gasteiger charge is -2.16. The van der Waals surface area contributed by atoms with E-state index in [0.717, 1.165) is 0 Å². The molecule has 1 aromatic carbocycles. The summed E-state index contributed by atoms with van der Waals surface area (Å²) in [5.41, 5.74) is 0.506. The minimum absolute atomic E-state index is 0.124. The summed E-state index contributed by atoms with van der Waals surface area (Å²) in [4.78, 5) is 25.8. The van der Waals surface area contributed by atoms with Crippen LogP contribution in [-0.2, 0) is 4.79 Å². The van der Waals surface area contributed by atoms with Gasteiger partial charge in [0.2, 0.25) is 5.91 Å². The summed E-state index contributed by atoms with van der Waals surface area (Å²) in [5.74, 6) is 0.124. The van der Waals surface area contributed by atoms with Crippen LogP contribution in [0.2, 0.25) is 0 Å². The van der Waals surface area contributed by atoms with Crippen LogP contribution in [0.1, 0.15) is 12.2 Å². The third kappa shape index (κ3) is 4.69. The van der Waals surface area contributed by atoms with Crippen LogP contribution < -0.4 is 10.6 Å². The highest BCUT2D eigenvalue weighted by molar-refractivity contribution is 5.92. The van der Waals surface area contributed by atoms with E-state index < -0.39 is 0 Å². The first kappa shape index (κ1) is 16.8. The largest absolute Gasteiger partial charge is 0.465 e. The highest BCUT2D eigenvalue weighted by Crippen LogP contribution is 2.12. The molecule has 0 spiro atoms. The number of carbonyl (C=O) groups is 2. The maximum atomic E-state index is 12.8. The molecular formula is C18H18FN3O3. The molecule has 7 heteroatoms. The van der Waals surface area contributed by atoms with Crippen molar-refractivity contribution in [3.8, 4) is 0 Å². The minimum Gasteiger partial charge on any atom is -0.465 e. The summed E-state index contributed by atoms with van der Waals surface area (Å²) >= 11 is 0. The molecule has 25 heavy (non-hydrogen) atoms. The Morgan fingerprint density at radius 3 is 2.76 bits per heavy atom. The van der Waals surface area contributed by atoms with E-state index in [2.05, 4.69) is 10.6 Å². The molecule has 3 amide bonds. The average molecular weight is 343 g/mol. The number of hydrogen-bond donors (Lipinski definition) is 2. The van der Waals surface area contributed by atoms with Crippen LogP contribution in [-0.4, -0.2) is 36.0 Å². The maximum Gasteiger partial charge on any atom is 0.319 e. The lowest BCUT2D eigenvalue weighted by molar-refractivity contribution is -0.125. The van der Waals surface area contributed by atoms with Crippen molar-refractivity contribution in [2.45, 2.75) is 12.5 Å². The number of furan rings is 1. The lowest BCUT2D eigenvalue weighted by Crippen LogP contribution is -2.40. The zero-order valence-electron chi connectivity index (χ0n) is 13.4. The summed E-state index contributed by atoms with van der Waals surface area (Å²) in [6, 6.07) is 8.53. The monoisotopic (exact) mass is 343 g/mol. The first-order valence-corrected chi connectivity index (χ1v) is 7.94. The van der Waals surface area contributed by atoms with E-state index in [1.54, 1.807) is 29.4 Å². The predicted octanol–water partition coefficient (Wildman–Crippen LogP) is 2.85. The van der Waals surface area contributed by atoms with Gasteiger partial charge in [0.05, 0.1) is 6.26 Å². The molecule has 3 rings (SSSR count). The van der Waals surface area contributed by atoms with E-state index in [1.807, 2.05) is 0 Å². The van der Waals surface area contributed by atoms with Gasteiger partial charge in [-0.2, -0.15) is 0 Å². The Kier molecular flexibility index (Phi) is 5.13. The third-order valence-corrected chi connectivity index (χ3v) is 3.87. The van der Waals surface area contributed by atoms with Gasteiger partial charge in [0.25, 0.3) is 0 Å². The van der Waals surface area contributed by atoms with Crippen LogP contribution in [0.15, 0.2) is 53.2 Å². The number of halogens is 1. The molecule has 1 saturated heterocycles. The molecule has 0 saturated carbocycles. The van der Waals surface area contributed by atoms with Crippen molar-refractivity contribution in [2.75, 3.05) is 18.4 Å². The number of carbonyl (C=O) groups excluding carboxylic acids is 2. The van der Waals surface area contributed by atoms with Crippen LogP contribution in [0.3, 0.4) is 0 Å². The van der Waals surface area contributed by atoms with Crippen LogP contribution in [0, 0.1) is 5.82 Å². The molecule has 1 fully saturated rings. The van der Waals surface area contributed by atoms with Gasteiger partial charge in [-0.1, -0.05) is 0 Å². The van der Waals surface area contributed by atoms with Gasteiger partial charge in [-0.25, -0.2) is 9.18 Å². The van der Waals surface area contributed by atoms with Gasteiger partial charge >= 0.3 is 6.03 Å². The Hall–Kier alpha value is -3.09. The Morgan fingerprint density at radius 1 is 1.24 bits per heavy atom. The summed E-state index contributed by atoms with van der Waals surface area (Å²) in [7, 11) is 0. The summed E-state index contributed by atoms with van der Waals surface area (Å²) in [6.45, 7) is 1.01. The number of rotatable bonds is 4. The van der Waals surface area contributed by atoms with E-state index in [-0.39, 0.29) is 23.8 Å². The highest BCUT2D eigenvalue weighted by Gasteiger charge is 2.26. The van der Waals surface area contributed by atoms with Gasteiger partial charge in [0, 0.05) is 30.9 Å². The Morgan fingerprint density at radius 2 is 2.04 bits per heavy atom. The molecule has 0 bridgehead atoms. The topological polar surface area (TPSA) is 74.6 Å². The molecule has 2 heterocycles. The summed E-state index contributed by atoms with van der Waals surface area (Å²) in [6.07, 6.45) is 5.29. The highest BCUT2D eigenvalue weighted by atomic mass is 19.1. The molecule has 2 N–H and O–H groups in total. The second kappa shape index (κ2) is 7.65. The minimum atomic E-state index is -0.378. The molecule has 1 aliphatic heterocycles. The number of hydrogen-bond acceptors (Lipinski definition) is 3. The van der Waals surface area contributed by atoms with Crippen molar-refractivity contribution >= 4 is 23.7 Å². The van der Waals surface area contributed by atoms with Crippen molar-refractivity contribution in [1.82, 2.24) is 10.2 Å². The normalized spacial score (nSPS) is 17.0. The maximum absolute atomic E-state index is 12.8. The van der Waals surface area contributed by atoms with Gasteiger partial charge in [0.1, 0.15) is 11.6 Å². The lowest BCUT2D eigenvalue weighted by atomic mass is 10.3. The molecular weight excluding hydrogens is 325 g/mol. The van der Waals surface area contributed by atoms with E-state index in [4.69, 9.17) is 4.42 Å². The van der Waals surface area contributed by atoms with Crippen LogP contribution in [0.25, 0.3) is 6.08 Å².